The third-order valence-corrected chi connectivity index (χ3v) is 7.42. The van der Waals surface area contributed by atoms with Crippen molar-refractivity contribution >= 4 is 33.2 Å². The zero-order chi connectivity index (χ0) is 24.9. The van der Waals surface area contributed by atoms with Gasteiger partial charge in [-0.2, -0.15) is 0 Å². The zero-order valence-corrected chi connectivity index (χ0v) is 21.1. The highest BCUT2D eigenvalue weighted by molar-refractivity contribution is 7.92. The molecule has 0 atom stereocenters. The van der Waals surface area contributed by atoms with Crippen LogP contribution in [0.2, 0.25) is 5.02 Å². The number of halogens is 1. The average Bonchev–Trinajstić information content (AvgIpc) is 2.82. The number of ether oxygens (including phenoxy) is 2. The monoisotopic (exact) mass is 502 g/mol. The minimum absolute atomic E-state index is 0.0743. The van der Waals surface area contributed by atoms with Gasteiger partial charge in [0.05, 0.1) is 29.8 Å². The number of amides is 1. The van der Waals surface area contributed by atoms with Crippen molar-refractivity contribution < 1.29 is 22.7 Å². The Labute approximate surface area is 205 Å². The summed E-state index contributed by atoms with van der Waals surface area (Å²) in [5, 5.41) is 0.235. The van der Waals surface area contributed by atoms with E-state index in [1.807, 2.05) is 25.1 Å². The van der Waals surface area contributed by atoms with Crippen LogP contribution in [-0.2, 0) is 21.4 Å². The topological polar surface area (TPSA) is 76.2 Å². The Hall–Kier alpha value is -3.23. The predicted molar refractivity (Wildman–Crippen MR) is 133 cm³/mol. The number of benzene rings is 3. The largest absolute Gasteiger partial charge is 0.496 e. The van der Waals surface area contributed by atoms with Gasteiger partial charge < -0.3 is 14.4 Å². The fourth-order valence-corrected chi connectivity index (χ4v) is 5.04. The molecule has 1 amide bonds. The van der Waals surface area contributed by atoms with Crippen LogP contribution in [0, 0.1) is 6.92 Å². The maximum atomic E-state index is 13.6. The molecule has 0 unspecified atom stereocenters. The lowest BCUT2D eigenvalue weighted by atomic mass is 10.2. The molecule has 0 aromatic heterocycles. The van der Waals surface area contributed by atoms with E-state index >= 15 is 0 Å². The quantitative estimate of drug-likeness (QED) is 0.430. The lowest BCUT2D eigenvalue weighted by Gasteiger charge is -2.27. The number of carbonyl (C=O) groups excluding carboxylic acids is 1. The first-order valence-corrected chi connectivity index (χ1v) is 12.3. The number of para-hydroxylation sites is 1. The Kier molecular flexibility index (Phi) is 8.06. The normalized spacial score (nSPS) is 11.1. The number of aryl methyl sites for hydroxylation is 1. The first-order chi connectivity index (χ1) is 16.2. The second-order valence-electron chi connectivity index (χ2n) is 7.71. The molecule has 180 valence electrons. The molecule has 3 aromatic rings. The van der Waals surface area contributed by atoms with E-state index in [1.165, 1.54) is 30.2 Å². The number of nitrogens with zero attached hydrogens (tertiary/aromatic N) is 2. The lowest BCUT2D eigenvalue weighted by Crippen LogP contribution is -2.41. The molecular formula is C25H27ClN2O5S. The van der Waals surface area contributed by atoms with Crippen molar-refractivity contribution in [1.82, 2.24) is 4.90 Å². The molecule has 0 aliphatic heterocycles. The molecule has 0 radical (unpaired) electrons. The maximum Gasteiger partial charge on any atom is 0.264 e. The molecule has 0 aliphatic carbocycles. The van der Waals surface area contributed by atoms with E-state index in [0.717, 1.165) is 15.4 Å². The number of rotatable bonds is 9. The summed E-state index contributed by atoms with van der Waals surface area (Å²) in [5.41, 5.74) is 1.98. The summed E-state index contributed by atoms with van der Waals surface area (Å²) in [6.07, 6.45) is 0. The summed E-state index contributed by atoms with van der Waals surface area (Å²) in [4.78, 5) is 14.7. The van der Waals surface area contributed by atoms with Crippen molar-refractivity contribution in [2.24, 2.45) is 0 Å². The maximum absolute atomic E-state index is 13.6. The molecule has 0 fully saturated rings. The Morgan fingerprint density at radius 3 is 2.21 bits per heavy atom. The van der Waals surface area contributed by atoms with Crippen LogP contribution in [0.3, 0.4) is 0 Å². The SMILES string of the molecule is COc1ccc(N(CC(=O)N(C)Cc2ccccc2OC)S(=O)(=O)c2ccc(C)cc2)cc1Cl. The zero-order valence-electron chi connectivity index (χ0n) is 19.5. The Morgan fingerprint density at radius 1 is 0.941 bits per heavy atom. The second-order valence-corrected chi connectivity index (χ2v) is 9.97. The highest BCUT2D eigenvalue weighted by atomic mass is 35.5. The molecular weight excluding hydrogens is 476 g/mol. The van der Waals surface area contributed by atoms with Crippen LogP contribution in [-0.4, -0.2) is 47.0 Å². The molecule has 0 saturated carbocycles. The van der Waals surface area contributed by atoms with Gasteiger partial charge in [-0.15, -0.1) is 0 Å². The number of likely N-dealkylation sites (N-methyl/N-ethyl adjacent to an activating group) is 1. The number of hydrogen-bond donors (Lipinski definition) is 0. The molecule has 0 heterocycles. The summed E-state index contributed by atoms with van der Waals surface area (Å²) >= 11 is 6.27. The van der Waals surface area contributed by atoms with Gasteiger partial charge in [0, 0.05) is 19.2 Å². The minimum Gasteiger partial charge on any atom is -0.496 e. The molecule has 3 aromatic carbocycles. The predicted octanol–water partition coefficient (Wildman–Crippen LogP) is 4.52. The molecule has 0 N–H and O–H groups in total. The van der Waals surface area contributed by atoms with Crippen LogP contribution >= 0.6 is 11.6 Å². The smallest absolute Gasteiger partial charge is 0.264 e. The highest BCUT2D eigenvalue weighted by Crippen LogP contribution is 2.32. The van der Waals surface area contributed by atoms with Crippen LogP contribution in [0.5, 0.6) is 11.5 Å². The number of anilines is 1. The summed E-state index contributed by atoms with van der Waals surface area (Å²) < 4.78 is 38.8. The molecule has 0 saturated heterocycles. The van der Waals surface area contributed by atoms with Crippen molar-refractivity contribution in [3.05, 3.63) is 82.9 Å². The summed E-state index contributed by atoms with van der Waals surface area (Å²) in [7, 11) is 0.587. The van der Waals surface area contributed by atoms with Gasteiger partial charge in [0.15, 0.2) is 0 Å². The third-order valence-electron chi connectivity index (χ3n) is 5.34. The Balaban J connectivity index is 1.95. The number of sulfonamides is 1. The molecule has 9 heteroatoms. The van der Waals surface area contributed by atoms with Gasteiger partial charge in [-0.05, 0) is 43.3 Å². The fourth-order valence-electron chi connectivity index (χ4n) is 3.38. The average molecular weight is 503 g/mol. The molecule has 0 spiro atoms. The van der Waals surface area contributed by atoms with Gasteiger partial charge in [-0.25, -0.2) is 8.42 Å². The molecule has 3 rings (SSSR count). The van der Waals surface area contributed by atoms with Gasteiger partial charge in [-0.1, -0.05) is 47.5 Å². The third kappa shape index (κ3) is 5.63. The Morgan fingerprint density at radius 2 is 1.59 bits per heavy atom. The fraction of sp³-hybridized carbons (Fsp3) is 0.240. The number of carbonyl (C=O) groups is 1. The van der Waals surface area contributed by atoms with E-state index < -0.39 is 22.5 Å². The van der Waals surface area contributed by atoms with Crippen LogP contribution in [0.25, 0.3) is 0 Å². The van der Waals surface area contributed by atoms with E-state index in [4.69, 9.17) is 21.1 Å². The lowest BCUT2D eigenvalue weighted by molar-refractivity contribution is -0.128. The van der Waals surface area contributed by atoms with Crippen LogP contribution in [0.4, 0.5) is 5.69 Å². The summed E-state index contributed by atoms with van der Waals surface area (Å²) in [5.74, 6) is 0.652. The Bertz CT molecular complexity index is 1260. The van der Waals surface area contributed by atoms with Gasteiger partial charge in [0.25, 0.3) is 10.0 Å². The van der Waals surface area contributed by atoms with Crippen molar-refractivity contribution in [2.75, 3.05) is 32.1 Å². The van der Waals surface area contributed by atoms with Crippen molar-refractivity contribution in [3.63, 3.8) is 0 Å². The van der Waals surface area contributed by atoms with E-state index in [0.29, 0.717) is 11.5 Å². The van der Waals surface area contributed by atoms with Gasteiger partial charge >= 0.3 is 0 Å². The minimum atomic E-state index is -4.06. The summed E-state index contributed by atoms with van der Waals surface area (Å²) in [6, 6.07) is 18.4. The van der Waals surface area contributed by atoms with Crippen molar-refractivity contribution in [3.8, 4) is 11.5 Å². The van der Waals surface area contributed by atoms with E-state index in [9.17, 15) is 13.2 Å². The highest BCUT2D eigenvalue weighted by Gasteiger charge is 2.29. The number of hydrogen-bond acceptors (Lipinski definition) is 5. The van der Waals surface area contributed by atoms with Gasteiger partial charge in [0.1, 0.15) is 18.0 Å². The molecule has 7 nitrogen and oxygen atoms in total. The van der Waals surface area contributed by atoms with E-state index in [-0.39, 0.29) is 22.2 Å². The number of methoxy groups -OCH3 is 2. The van der Waals surface area contributed by atoms with Crippen molar-refractivity contribution in [2.45, 2.75) is 18.4 Å². The van der Waals surface area contributed by atoms with Crippen LogP contribution in [0.1, 0.15) is 11.1 Å². The van der Waals surface area contributed by atoms with Gasteiger partial charge in [-0.3, -0.25) is 9.10 Å². The van der Waals surface area contributed by atoms with E-state index in [2.05, 4.69) is 0 Å². The summed E-state index contributed by atoms with van der Waals surface area (Å²) in [6.45, 7) is 1.71. The first-order valence-electron chi connectivity index (χ1n) is 10.5. The standard InChI is InChI=1S/C25H27ClN2O5S/c1-18-9-12-21(13-10-18)34(30,31)28(20-11-14-24(33-4)22(26)15-20)17-25(29)27(2)16-19-7-5-6-8-23(19)32-3/h5-15H,16-17H2,1-4H3. The van der Waals surface area contributed by atoms with E-state index in [1.54, 1.807) is 44.5 Å². The molecule has 0 bridgehead atoms. The van der Waals surface area contributed by atoms with Gasteiger partial charge in [0.2, 0.25) is 5.91 Å². The van der Waals surface area contributed by atoms with Crippen LogP contribution in [0.15, 0.2) is 71.6 Å². The molecule has 0 aliphatic rings. The van der Waals surface area contributed by atoms with Crippen molar-refractivity contribution in [1.29, 1.82) is 0 Å². The second kappa shape index (κ2) is 10.8. The molecule has 34 heavy (non-hydrogen) atoms. The van der Waals surface area contributed by atoms with Crippen LogP contribution < -0.4 is 13.8 Å². The first kappa shape index (κ1) is 25.4.